The minimum absolute atomic E-state index is 0.0670. The van der Waals surface area contributed by atoms with Gasteiger partial charge >= 0.3 is 6.09 Å². The van der Waals surface area contributed by atoms with Gasteiger partial charge in [0.2, 0.25) is 0 Å². The number of benzene rings is 4. The molecule has 9 heteroatoms. The Morgan fingerprint density at radius 1 is 0.833 bits per heavy atom. The molecule has 0 spiro atoms. The molecule has 0 atom stereocenters. The fourth-order valence-corrected chi connectivity index (χ4v) is 4.28. The highest BCUT2D eigenvalue weighted by atomic mass is 32.2. The van der Waals surface area contributed by atoms with Crippen LogP contribution in [0.4, 0.5) is 10.5 Å². The van der Waals surface area contributed by atoms with Gasteiger partial charge < -0.3 is 0 Å². The van der Waals surface area contributed by atoms with Gasteiger partial charge in [-0.1, -0.05) is 89.6 Å². The fourth-order valence-electron chi connectivity index (χ4n) is 3.44. The van der Waals surface area contributed by atoms with Crippen LogP contribution in [0.5, 0.6) is 0 Å². The van der Waals surface area contributed by atoms with Crippen molar-refractivity contribution in [2.45, 2.75) is 18.7 Å². The Morgan fingerprint density at radius 2 is 1.50 bits per heavy atom. The van der Waals surface area contributed by atoms with E-state index in [1.165, 1.54) is 12.1 Å². The quantitative estimate of drug-likeness (QED) is 0.200. The molecule has 4 rings (SSSR count). The number of hydrogen-bond donors (Lipinski definition) is 2. The second kappa shape index (κ2) is 10.8. The predicted molar refractivity (Wildman–Crippen MR) is 142 cm³/mol. The van der Waals surface area contributed by atoms with Crippen LogP contribution in [0.15, 0.2) is 112 Å². The lowest BCUT2D eigenvalue weighted by Crippen LogP contribution is -2.24. The van der Waals surface area contributed by atoms with Gasteiger partial charge in [0, 0.05) is 10.9 Å². The van der Waals surface area contributed by atoms with Crippen LogP contribution in [0.1, 0.15) is 18.1 Å². The van der Waals surface area contributed by atoms with Crippen molar-refractivity contribution in [1.29, 1.82) is 0 Å². The molecule has 0 radical (unpaired) electrons. The lowest BCUT2D eigenvalue weighted by molar-refractivity contribution is 0.166. The van der Waals surface area contributed by atoms with E-state index in [2.05, 4.69) is 20.4 Å². The van der Waals surface area contributed by atoms with E-state index < -0.39 is 16.1 Å². The molecular formula is C27H24N4O4S. The molecule has 0 saturated heterocycles. The Morgan fingerprint density at radius 3 is 2.25 bits per heavy atom. The summed E-state index contributed by atoms with van der Waals surface area (Å²) >= 11 is 0. The number of nitrogens with one attached hydrogen (secondary N) is 2. The van der Waals surface area contributed by atoms with Crippen LogP contribution < -0.4 is 10.1 Å². The van der Waals surface area contributed by atoms with Crippen LogP contribution in [0.2, 0.25) is 0 Å². The molecule has 0 aromatic heterocycles. The first-order valence-corrected chi connectivity index (χ1v) is 12.5. The Hall–Kier alpha value is -4.50. The Labute approximate surface area is 209 Å². The van der Waals surface area contributed by atoms with E-state index >= 15 is 0 Å². The summed E-state index contributed by atoms with van der Waals surface area (Å²) in [5.74, 6) is 0. The van der Waals surface area contributed by atoms with Crippen molar-refractivity contribution in [1.82, 2.24) is 4.83 Å². The lowest BCUT2D eigenvalue weighted by atomic mass is 10.1. The zero-order valence-electron chi connectivity index (χ0n) is 19.7. The number of nitrogens with zero attached hydrogens (tertiary/aromatic N) is 2. The first kappa shape index (κ1) is 24.6. The number of oxime groups is 1. The normalized spacial score (nSPS) is 12.3. The van der Waals surface area contributed by atoms with Crippen LogP contribution >= 0.6 is 0 Å². The van der Waals surface area contributed by atoms with Gasteiger partial charge in [-0.2, -0.15) is 18.4 Å². The van der Waals surface area contributed by atoms with Crippen molar-refractivity contribution in [2.75, 3.05) is 5.32 Å². The summed E-state index contributed by atoms with van der Waals surface area (Å²) in [5.41, 5.74) is 2.59. The molecule has 0 heterocycles. The van der Waals surface area contributed by atoms with Crippen molar-refractivity contribution in [2.24, 2.45) is 10.3 Å². The van der Waals surface area contributed by atoms with E-state index in [1.807, 2.05) is 55.5 Å². The number of aryl methyl sites for hydroxylation is 1. The monoisotopic (exact) mass is 500 g/mol. The average molecular weight is 501 g/mol. The van der Waals surface area contributed by atoms with Gasteiger partial charge in [-0.3, -0.25) is 10.2 Å². The molecule has 0 aliphatic carbocycles. The summed E-state index contributed by atoms with van der Waals surface area (Å²) in [6.45, 7) is 3.50. The smallest absolute Gasteiger partial charge is 0.297 e. The first-order valence-electron chi connectivity index (χ1n) is 11.1. The van der Waals surface area contributed by atoms with Gasteiger partial charge in [0.05, 0.1) is 10.6 Å². The third kappa shape index (κ3) is 5.94. The molecule has 0 unspecified atom stereocenters. The van der Waals surface area contributed by atoms with E-state index in [4.69, 9.17) is 4.84 Å². The maximum Gasteiger partial charge on any atom is 0.437 e. The summed E-state index contributed by atoms with van der Waals surface area (Å²) in [4.78, 5) is 19.9. The maximum atomic E-state index is 12.7. The first-order chi connectivity index (χ1) is 17.3. The number of carbonyl (C=O) groups excluding carboxylic acids is 1. The van der Waals surface area contributed by atoms with Gasteiger partial charge in [0.1, 0.15) is 11.4 Å². The number of anilines is 1. The molecule has 8 nitrogen and oxygen atoms in total. The molecule has 36 heavy (non-hydrogen) atoms. The number of hydrogen-bond acceptors (Lipinski definition) is 6. The number of amides is 1. The van der Waals surface area contributed by atoms with E-state index in [1.54, 1.807) is 43.3 Å². The largest absolute Gasteiger partial charge is 0.437 e. The fraction of sp³-hybridized carbons (Fsp3) is 0.0741. The van der Waals surface area contributed by atoms with Gasteiger partial charge in [-0.25, -0.2) is 4.79 Å². The molecule has 2 N–H and O–H groups in total. The van der Waals surface area contributed by atoms with Gasteiger partial charge in [-0.15, -0.1) is 0 Å². The zero-order valence-corrected chi connectivity index (χ0v) is 20.5. The van der Waals surface area contributed by atoms with E-state index in [0.717, 1.165) is 16.3 Å². The van der Waals surface area contributed by atoms with Gasteiger partial charge in [-0.05, 0) is 37.4 Å². The average Bonchev–Trinajstić information content (AvgIpc) is 2.89. The highest BCUT2D eigenvalue weighted by Crippen LogP contribution is 2.23. The minimum atomic E-state index is -3.91. The van der Waals surface area contributed by atoms with E-state index in [-0.39, 0.29) is 16.3 Å². The molecule has 1 amide bonds. The standard InChI is InChI=1S/C27H24N4O4S/c1-19-15-17-22(18-16-19)26(29-31-36(33,34)23-11-4-3-5-12-23)20(2)30-35-27(32)28-25-14-8-10-21-9-6-7-13-24(21)25/h3-18,31H,1-2H3,(H,28,32)/b29-26-,30-20-. The molecule has 0 aliphatic rings. The van der Waals surface area contributed by atoms with Crippen LogP contribution in [0.25, 0.3) is 10.8 Å². The molecule has 4 aromatic carbocycles. The molecule has 0 saturated carbocycles. The van der Waals surface area contributed by atoms with Gasteiger partial charge in [0.15, 0.2) is 0 Å². The molecule has 0 fully saturated rings. The molecule has 0 bridgehead atoms. The summed E-state index contributed by atoms with van der Waals surface area (Å²) in [5, 5.41) is 12.5. The number of sulfonamides is 1. The molecule has 0 aliphatic heterocycles. The minimum Gasteiger partial charge on any atom is -0.297 e. The van der Waals surface area contributed by atoms with E-state index in [9.17, 15) is 13.2 Å². The summed E-state index contributed by atoms with van der Waals surface area (Å²) in [6.07, 6.45) is -0.793. The second-order valence-electron chi connectivity index (χ2n) is 7.94. The Bertz CT molecular complexity index is 1540. The Kier molecular flexibility index (Phi) is 7.41. The van der Waals surface area contributed by atoms with Crippen LogP contribution in [-0.2, 0) is 14.9 Å². The van der Waals surface area contributed by atoms with Crippen molar-refractivity contribution in [3.63, 3.8) is 0 Å². The second-order valence-corrected chi connectivity index (χ2v) is 9.60. The van der Waals surface area contributed by atoms with E-state index in [0.29, 0.717) is 11.3 Å². The predicted octanol–water partition coefficient (Wildman–Crippen LogP) is 5.46. The maximum absolute atomic E-state index is 12.7. The highest BCUT2D eigenvalue weighted by molar-refractivity contribution is 7.89. The Balaban J connectivity index is 1.57. The summed E-state index contributed by atoms with van der Waals surface area (Å²) in [7, 11) is -3.91. The van der Waals surface area contributed by atoms with Crippen LogP contribution in [0, 0.1) is 6.92 Å². The number of fused-ring (bicyclic) bond motifs is 1. The van der Waals surface area contributed by atoms with Crippen molar-refractivity contribution < 1.29 is 18.0 Å². The van der Waals surface area contributed by atoms with Crippen LogP contribution in [0.3, 0.4) is 0 Å². The molecule has 182 valence electrons. The zero-order chi connectivity index (χ0) is 25.5. The number of rotatable bonds is 7. The summed E-state index contributed by atoms with van der Waals surface area (Å²) < 4.78 is 25.3. The topological polar surface area (TPSA) is 109 Å². The van der Waals surface area contributed by atoms with Gasteiger partial charge in [0.25, 0.3) is 10.0 Å². The molecule has 4 aromatic rings. The van der Waals surface area contributed by atoms with Crippen molar-refractivity contribution >= 4 is 44.0 Å². The third-order valence-corrected chi connectivity index (χ3v) is 6.52. The number of carbonyl (C=O) groups is 1. The molecular weight excluding hydrogens is 476 g/mol. The van der Waals surface area contributed by atoms with Crippen molar-refractivity contribution in [3.05, 3.63) is 108 Å². The number of hydrazone groups is 1. The van der Waals surface area contributed by atoms with Crippen LogP contribution in [-0.4, -0.2) is 25.9 Å². The SMILES string of the molecule is CC(=N/OC(=O)Nc1cccc2ccccc12)/C(=N/NS(=O)(=O)c1ccccc1)c1ccc(C)cc1. The summed E-state index contributed by atoms with van der Waals surface area (Å²) in [6, 6.07) is 28.3. The van der Waals surface area contributed by atoms with Crippen molar-refractivity contribution in [3.8, 4) is 0 Å². The third-order valence-electron chi connectivity index (χ3n) is 5.29. The highest BCUT2D eigenvalue weighted by Gasteiger charge is 2.16. The lowest BCUT2D eigenvalue weighted by Gasteiger charge is -2.10.